The van der Waals surface area contributed by atoms with Crippen LogP contribution in [0.2, 0.25) is 0 Å². The van der Waals surface area contributed by atoms with Crippen molar-refractivity contribution in [3.8, 4) is 0 Å². The van der Waals surface area contributed by atoms with Gasteiger partial charge >= 0.3 is 0 Å². The third kappa shape index (κ3) is 7.12. The quantitative estimate of drug-likeness (QED) is 0.661. The monoisotopic (exact) mass is 450 g/mol. The summed E-state index contributed by atoms with van der Waals surface area (Å²) >= 11 is 0. The van der Waals surface area contributed by atoms with Gasteiger partial charge in [-0.25, -0.2) is 0 Å². The van der Waals surface area contributed by atoms with Gasteiger partial charge in [-0.3, -0.25) is 19.4 Å². The Balaban J connectivity index is 1.25. The largest absolute Gasteiger partial charge is 0.378 e. The summed E-state index contributed by atoms with van der Waals surface area (Å²) in [5, 5.41) is 3.25. The highest BCUT2D eigenvalue weighted by Crippen LogP contribution is 2.18. The van der Waals surface area contributed by atoms with Crippen LogP contribution >= 0.6 is 0 Å². The number of ether oxygens (including phenoxy) is 1. The van der Waals surface area contributed by atoms with E-state index in [9.17, 15) is 9.59 Å². The van der Waals surface area contributed by atoms with Gasteiger partial charge in [0, 0.05) is 39.3 Å². The van der Waals surface area contributed by atoms with Gasteiger partial charge in [-0.2, -0.15) is 0 Å². The number of amides is 2. The molecule has 1 atom stereocenters. The smallest absolute Gasteiger partial charge is 0.236 e. The molecule has 0 saturated carbocycles. The van der Waals surface area contributed by atoms with Gasteiger partial charge in [0.15, 0.2) is 0 Å². The number of hydrogen-bond donors (Lipinski definition) is 1. The van der Waals surface area contributed by atoms with E-state index in [1.807, 2.05) is 41.3 Å². The molecule has 33 heavy (non-hydrogen) atoms. The van der Waals surface area contributed by atoms with Crippen molar-refractivity contribution in [2.24, 2.45) is 0 Å². The number of piperazine rings is 1. The topological polar surface area (TPSA) is 65.1 Å². The number of morpholine rings is 1. The van der Waals surface area contributed by atoms with Gasteiger partial charge < -0.3 is 15.0 Å². The van der Waals surface area contributed by atoms with Crippen LogP contribution in [0, 0.1) is 0 Å². The SMILES string of the molecule is O=C(CN1CCN(CC(=O)N2CCOCC2)CC1)NC(Cc1ccccc1)c1ccccc1. The summed E-state index contributed by atoms with van der Waals surface area (Å²) in [5.74, 6) is 0.216. The molecule has 2 heterocycles. The van der Waals surface area contributed by atoms with Crippen LogP contribution in [0.5, 0.6) is 0 Å². The van der Waals surface area contributed by atoms with Crippen molar-refractivity contribution < 1.29 is 14.3 Å². The van der Waals surface area contributed by atoms with Crippen molar-refractivity contribution >= 4 is 11.8 Å². The summed E-state index contributed by atoms with van der Waals surface area (Å²) in [7, 11) is 0. The minimum atomic E-state index is -0.0615. The molecule has 0 radical (unpaired) electrons. The van der Waals surface area contributed by atoms with E-state index in [1.165, 1.54) is 5.56 Å². The zero-order valence-corrected chi connectivity index (χ0v) is 19.2. The third-order valence-electron chi connectivity index (χ3n) is 6.37. The summed E-state index contributed by atoms with van der Waals surface area (Å²) in [6.07, 6.45) is 0.758. The average molecular weight is 451 g/mol. The maximum absolute atomic E-state index is 12.9. The molecule has 7 heteroatoms. The van der Waals surface area contributed by atoms with Gasteiger partial charge in [0.2, 0.25) is 11.8 Å². The van der Waals surface area contributed by atoms with Crippen LogP contribution in [0.3, 0.4) is 0 Å². The molecule has 0 aliphatic carbocycles. The summed E-state index contributed by atoms with van der Waals surface area (Å²) in [6, 6.07) is 20.4. The standard InChI is InChI=1S/C26H34N4O3/c31-25(27-24(23-9-5-2-6-10-23)19-22-7-3-1-4-8-22)20-28-11-13-29(14-12-28)21-26(32)30-15-17-33-18-16-30/h1-10,24H,11-21H2,(H,27,31). The molecule has 2 aromatic rings. The van der Waals surface area contributed by atoms with Crippen molar-refractivity contribution in [2.75, 3.05) is 65.6 Å². The van der Waals surface area contributed by atoms with Crippen molar-refractivity contribution in [3.05, 3.63) is 71.8 Å². The highest BCUT2D eigenvalue weighted by molar-refractivity contribution is 5.79. The number of carbonyl (C=O) groups excluding carboxylic acids is 2. The summed E-state index contributed by atoms with van der Waals surface area (Å²) in [5.41, 5.74) is 2.31. The first-order valence-corrected chi connectivity index (χ1v) is 11.9. The van der Waals surface area contributed by atoms with Crippen LogP contribution in [0.4, 0.5) is 0 Å². The predicted octanol–water partition coefficient (Wildman–Crippen LogP) is 1.56. The molecular formula is C26H34N4O3. The molecule has 2 saturated heterocycles. The number of nitrogens with zero attached hydrogens (tertiary/aromatic N) is 3. The zero-order valence-electron chi connectivity index (χ0n) is 19.2. The Bertz CT molecular complexity index is 879. The van der Waals surface area contributed by atoms with E-state index in [1.54, 1.807) is 0 Å². The van der Waals surface area contributed by atoms with Crippen molar-refractivity contribution in [3.63, 3.8) is 0 Å². The van der Waals surface area contributed by atoms with Crippen molar-refractivity contribution in [1.29, 1.82) is 0 Å². The Morgan fingerprint density at radius 3 is 2.00 bits per heavy atom. The van der Waals surface area contributed by atoms with E-state index >= 15 is 0 Å². The second-order valence-electron chi connectivity index (χ2n) is 8.77. The van der Waals surface area contributed by atoms with Crippen molar-refractivity contribution in [1.82, 2.24) is 20.0 Å². The van der Waals surface area contributed by atoms with E-state index < -0.39 is 0 Å². The molecule has 176 valence electrons. The Labute approximate surface area is 196 Å². The van der Waals surface area contributed by atoms with Gasteiger partial charge in [-0.15, -0.1) is 0 Å². The van der Waals surface area contributed by atoms with Crippen LogP contribution in [0.25, 0.3) is 0 Å². The summed E-state index contributed by atoms with van der Waals surface area (Å²) in [4.78, 5) is 31.6. The molecule has 2 aromatic carbocycles. The molecule has 2 aliphatic heterocycles. The average Bonchev–Trinajstić information content (AvgIpc) is 2.86. The Morgan fingerprint density at radius 2 is 1.36 bits per heavy atom. The normalized spacial score (nSPS) is 18.6. The zero-order chi connectivity index (χ0) is 22.9. The highest BCUT2D eigenvalue weighted by atomic mass is 16.5. The second kappa shape index (κ2) is 11.9. The Hall–Kier alpha value is -2.74. The number of nitrogens with one attached hydrogen (secondary N) is 1. The number of rotatable bonds is 8. The van der Waals surface area contributed by atoms with Crippen LogP contribution in [-0.4, -0.2) is 92.1 Å². The molecule has 0 bridgehead atoms. The second-order valence-corrected chi connectivity index (χ2v) is 8.77. The highest BCUT2D eigenvalue weighted by Gasteiger charge is 2.24. The van der Waals surface area contributed by atoms with E-state index in [0.717, 1.165) is 38.2 Å². The summed E-state index contributed by atoms with van der Waals surface area (Å²) < 4.78 is 5.33. The first-order chi connectivity index (χ1) is 16.2. The number of benzene rings is 2. The fourth-order valence-corrected chi connectivity index (χ4v) is 4.44. The maximum Gasteiger partial charge on any atom is 0.236 e. The minimum Gasteiger partial charge on any atom is -0.378 e. The lowest BCUT2D eigenvalue weighted by atomic mass is 9.99. The lowest BCUT2D eigenvalue weighted by molar-refractivity contribution is -0.137. The van der Waals surface area contributed by atoms with E-state index in [2.05, 4.69) is 39.4 Å². The third-order valence-corrected chi connectivity index (χ3v) is 6.37. The van der Waals surface area contributed by atoms with Gasteiger partial charge in [0.25, 0.3) is 0 Å². The van der Waals surface area contributed by atoms with Crippen LogP contribution in [0.15, 0.2) is 60.7 Å². The van der Waals surface area contributed by atoms with Crippen LogP contribution in [0.1, 0.15) is 17.2 Å². The van der Waals surface area contributed by atoms with Crippen LogP contribution in [-0.2, 0) is 20.7 Å². The molecule has 2 aliphatic rings. The van der Waals surface area contributed by atoms with Gasteiger partial charge in [-0.1, -0.05) is 60.7 Å². The van der Waals surface area contributed by atoms with Gasteiger partial charge in [-0.05, 0) is 17.5 Å². The van der Waals surface area contributed by atoms with E-state index in [0.29, 0.717) is 39.4 Å². The van der Waals surface area contributed by atoms with Crippen LogP contribution < -0.4 is 5.32 Å². The predicted molar refractivity (Wildman–Crippen MR) is 128 cm³/mol. The Kier molecular flexibility index (Phi) is 8.47. The fourth-order valence-electron chi connectivity index (χ4n) is 4.44. The molecule has 0 spiro atoms. The Morgan fingerprint density at radius 1 is 0.788 bits per heavy atom. The first kappa shape index (κ1) is 23.4. The molecular weight excluding hydrogens is 416 g/mol. The molecule has 2 fully saturated rings. The van der Waals surface area contributed by atoms with Crippen molar-refractivity contribution in [2.45, 2.75) is 12.5 Å². The molecule has 1 N–H and O–H groups in total. The molecule has 4 rings (SSSR count). The van der Waals surface area contributed by atoms with Gasteiger partial charge in [0.05, 0.1) is 32.3 Å². The van der Waals surface area contributed by atoms with E-state index in [-0.39, 0.29) is 17.9 Å². The van der Waals surface area contributed by atoms with Gasteiger partial charge in [0.1, 0.15) is 0 Å². The van der Waals surface area contributed by atoms with E-state index in [4.69, 9.17) is 4.74 Å². The number of carbonyl (C=O) groups is 2. The fraction of sp³-hybridized carbons (Fsp3) is 0.462. The maximum atomic E-state index is 12.9. The lowest BCUT2D eigenvalue weighted by Crippen LogP contribution is -2.53. The first-order valence-electron chi connectivity index (χ1n) is 11.9. The molecule has 0 aromatic heterocycles. The minimum absolute atomic E-state index is 0.0395. The molecule has 1 unspecified atom stereocenters. The number of hydrogen-bond acceptors (Lipinski definition) is 5. The molecule has 2 amide bonds. The molecule has 7 nitrogen and oxygen atoms in total. The lowest BCUT2D eigenvalue weighted by Gasteiger charge is -2.35. The summed E-state index contributed by atoms with van der Waals surface area (Å²) in [6.45, 7) is 6.64.